The predicted molar refractivity (Wildman–Crippen MR) is 80.2 cm³/mol. The Morgan fingerprint density at radius 3 is 2.53 bits per heavy atom. The summed E-state index contributed by atoms with van der Waals surface area (Å²) >= 11 is 0. The highest BCUT2D eigenvalue weighted by Crippen LogP contribution is 2.28. The summed E-state index contributed by atoms with van der Waals surface area (Å²) in [6.45, 7) is 3.88. The molecule has 0 unspecified atom stereocenters. The standard InChI is InChI=1S/C14H22N2O2S/c1-2-12-19(17,18)15-13-8-4-5-9-14(13)16-10-6-3-7-11-16/h4-5,8-9,15H,2-3,6-7,10-12H2,1H3. The molecule has 1 aromatic rings. The van der Waals surface area contributed by atoms with Crippen LogP contribution in [0.1, 0.15) is 32.6 Å². The highest BCUT2D eigenvalue weighted by Gasteiger charge is 2.17. The molecule has 1 N–H and O–H groups in total. The fourth-order valence-electron chi connectivity index (χ4n) is 2.46. The number of nitrogens with zero attached hydrogens (tertiary/aromatic N) is 1. The Bertz CT molecular complexity index is 508. The molecule has 1 fully saturated rings. The molecule has 4 nitrogen and oxygen atoms in total. The third-order valence-electron chi connectivity index (χ3n) is 3.34. The van der Waals surface area contributed by atoms with E-state index in [-0.39, 0.29) is 5.75 Å². The van der Waals surface area contributed by atoms with Crippen molar-refractivity contribution in [2.75, 3.05) is 28.5 Å². The minimum atomic E-state index is -3.22. The number of benzene rings is 1. The maximum atomic E-state index is 11.9. The SMILES string of the molecule is CCCS(=O)(=O)Nc1ccccc1N1CCCCC1. The van der Waals surface area contributed by atoms with E-state index in [4.69, 9.17) is 0 Å². The van der Waals surface area contributed by atoms with Crippen molar-refractivity contribution in [2.45, 2.75) is 32.6 Å². The Labute approximate surface area is 115 Å². The molecule has 0 spiro atoms. The Balaban J connectivity index is 2.20. The van der Waals surface area contributed by atoms with Gasteiger partial charge in [-0.1, -0.05) is 19.1 Å². The van der Waals surface area contributed by atoms with Crippen molar-refractivity contribution in [3.05, 3.63) is 24.3 Å². The minimum absolute atomic E-state index is 0.168. The summed E-state index contributed by atoms with van der Waals surface area (Å²) in [5.74, 6) is 0.168. The quantitative estimate of drug-likeness (QED) is 0.903. The number of rotatable bonds is 5. The Morgan fingerprint density at radius 2 is 1.84 bits per heavy atom. The van der Waals surface area contributed by atoms with Crippen LogP contribution >= 0.6 is 0 Å². The van der Waals surface area contributed by atoms with Crippen LogP contribution in [0, 0.1) is 0 Å². The van der Waals surface area contributed by atoms with Crippen LogP contribution in [0.5, 0.6) is 0 Å². The first-order valence-corrected chi connectivity index (χ1v) is 8.62. The van der Waals surface area contributed by atoms with Crippen LogP contribution in [0.15, 0.2) is 24.3 Å². The molecule has 0 amide bonds. The van der Waals surface area contributed by atoms with Crippen molar-refractivity contribution < 1.29 is 8.42 Å². The van der Waals surface area contributed by atoms with Gasteiger partial charge in [-0.3, -0.25) is 4.72 Å². The zero-order valence-electron chi connectivity index (χ0n) is 11.4. The van der Waals surface area contributed by atoms with Gasteiger partial charge in [0.1, 0.15) is 0 Å². The van der Waals surface area contributed by atoms with Crippen molar-refractivity contribution in [2.24, 2.45) is 0 Å². The highest BCUT2D eigenvalue weighted by molar-refractivity contribution is 7.92. The largest absolute Gasteiger partial charge is 0.370 e. The van der Waals surface area contributed by atoms with Crippen LogP contribution < -0.4 is 9.62 Å². The van der Waals surface area contributed by atoms with Crippen LogP contribution in [0.4, 0.5) is 11.4 Å². The van der Waals surface area contributed by atoms with Gasteiger partial charge in [-0.25, -0.2) is 8.42 Å². The average Bonchev–Trinajstić information content (AvgIpc) is 2.40. The lowest BCUT2D eigenvalue weighted by Crippen LogP contribution is -2.30. The Kier molecular flexibility index (Phi) is 4.69. The molecule has 1 saturated heterocycles. The molecule has 0 radical (unpaired) electrons. The fourth-order valence-corrected chi connectivity index (χ4v) is 3.60. The van der Waals surface area contributed by atoms with E-state index in [0.717, 1.165) is 18.8 Å². The van der Waals surface area contributed by atoms with E-state index in [2.05, 4.69) is 9.62 Å². The molecule has 19 heavy (non-hydrogen) atoms. The maximum Gasteiger partial charge on any atom is 0.232 e. The summed E-state index contributed by atoms with van der Waals surface area (Å²) in [4.78, 5) is 2.27. The molecular formula is C14H22N2O2S. The molecular weight excluding hydrogens is 260 g/mol. The normalized spacial score (nSPS) is 16.4. The molecule has 2 rings (SSSR count). The number of para-hydroxylation sites is 2. The fraction of sp³-hybridized carbons (Fsp3) is 0.571. The second-order valence-electron chi connectivity index (χ2n) is 4.99. The van der Waals surface area contributed by atoms with Crippen molar-refractivity contribution in [3.63, 3.8) is 0 Å². The highest BCUT2D eigenvalue weighted by atomic mass is 32.2. The molecule has 0 aliphatic carbocycles. The van der Waals surface area contributed by atoms with Gasteiger partial charge in [0.2, 0.25) is 10.0 Å². The van der Waals surface area contributed by atoms with Crippen LogP contribution in [-0.4, -0.2) is 27.3 Å². The molecule has 0 atom stereocenters. The van der Waals surface area contributed by atoms with Crippen molar-refractivity contribution in [1.29, 1.82) is 0 Å². The minimum Gasteiger partial charge on any atom is -0.370 e. The lowest BCUT2D eigenvalue weighted by atomic mass is 10.1. The third kappa shape index (κ3) is 3.86. The van der Waals surface area contributed by atoms with Gasteiger partial charge >= 0.3 is 0 Å². The zero-order chi connectivity index (χ0) is 13.7. The van der Waals surface area contributed by atoms with E-state index in [1.807, 2.05) is 31.2 Å². The zero-order valence-corrected chi connectivity index (χ0v) is 12.2. The van der Waals surface area contributed by atoms with E-state index in [9.17, 15) is 8.42 Å². The summed E-state index contributed by atoms with van der Waals surface area (Å²) in [7, 11) is -3.22. The lowest BCUT2D eigenvalue weighted by molar-refractivity contribution is 0.578. The number of hydrogen-bond acceptors (Lipinski definition) is 3. The lowest BCUT2D eigenvalue weighted by Gasteiger charge is -2.30. The van der Waals surface area contributed by atoms with Crippen molar-refractivity contribution >= 4 is 21.4 Å². The monoisotopic (exact) mass is 282 g/mol. The van der Waals surface area contributed by atoms with E-state index >= 15 is 0 Å². The van der Waals surface area contributed by atoms with E-state index < -0.39 is 10.0 Å². The van der Waals surface area contributed by atoms with Gasteiger partial charge in [0.25, 0.3) is 0 Å². The average molecular weight is 282 g/mol. The number of piperidine rings is 1. The van der Waals surface area contributed by atoms with Gasteiger partial charge in [0.15, 0.2) is 0 Å². The molecule has 0 bridgehead atoms. The van der Waals surface area contributed by atoms with E-state index in [1.165, 1.54) is 19.3 Å². The van der Waals surface area contributed by atoms with Crippen LogP contribution in [0.2, 0.25) is 0 Å². The summed E-state index contributed by atoms with van der Waals surface area (Å²) in [6, 6.07) is 7.67. The van der Waals surface area contributed by atoms with E-state index in [0.29, 0.717) is 12.1 Å². The molecule has 1 heterocycles. The van der Waals surface area contributed by atoms with Crippen molar-refractivity contribution in [1.82, 2.24) is 0 Å². The molecule has 1 aliphatic heterocycles. The van der Waals surface area contributed by atoms with Gasteiger partial charge < -0.3 is 4.90 Å². The predicted octanol–water partition coefficient (Wildman–Crippen LogP) is 2.83. The second-order valence-corrected chi connectivity index (χ2v) is 6.83. The summed E-state index contributed by atoms with van der Waals surface area (Å²) in [6.07, 6.45) is 4.24. The van der Waals surface area contributed by atoms with Gasteiger partial charge in [0, 0.05) is 13.1 Å². The van der Waals surface area contributed by atoms with E-state index in [1.54, 1.807) is 0 Å². The third-order valence-corrected chi connectivity index (χ3v) is 4.82. The van der Waals surface area contributed by atoms with Crippen LogP contribution in [0.3, 0.4) is 0 Å². The van der Waals surface area contributed by atoms with Gasteiger partial charge in [-0.05, 0) is 37.8 Å². The molecule has 0 aromatic heterocycles. The second kappa shape index (κ2) is 6.28. The first-order valence-electron chi connectivity index (χ1n) is 6.97. The van der Waals surface area contributed by atoms with Gasteiger partial charge in [0.05, 0.1) is 17.1 Å². The van der Waals surface area contributed by atoms with Crippen LogP contribution in [0.25, 0.3) is 0 Å². The number of nitrogens with one attached hydrogen (secondary N) is 1. The number of hydrogen-bond donors (Lipinski definition) is 1. The Hall–Kier alpha value is -1.23. The van der Waals surface area contributed by atoms with Crippen LogP contribution in [-0.2, 0) is 10.0 Å². The Morgan fingerprint density at radius 1 is 1.16 bits per heavy atom. The summed E-state index contributed by atoms with van der Waals surface area (Å²) in [5.41, 5.74) is 1.71. The first-order chi connectivity index (χ1) is 9.12. The molecule has 1 aromatic carbocycles. The maximum absolute atomic E-state index is 11.9. The van der Waals surface area contributed by atoms with Gasteiger partial charge in [-0.2, -0.15) is 0 Å². The molecule has 106 valence electrons. The topological polar surface area (TPSA) is 49.4 Å². The molecule has 0 saturated carbocycles. The van der Waals surface area contributed by atoms with Crippen molar-refractivity contribution in [3.8, 4) is 0 Å². The first kappa shape index (κ1) is 14.2. The van der Waals surface area contributed by atoms with Gasteiger partial charge in [-0.15, -0.1) is 0 Å². The molecule has 1 aliphatic rings. The number of sulfonamides is 1. The summed E-state index contributed by atoms with van der Waals surface area (Å²) < 4.78 is 26.5. The smallest absolute Gasteiger partial charge is 0.232 e. The number of anilines is 2. The molecule has 5 heteroatoms. The summed E-state index contributed by atoms with van der Waals surface area (Å²) in [5, 5.41) is 0.